The number of rotatable bonds is 7. The summed E-state index contributed by atoms with van der Waals surface area (Å²) in [6, 6.07) is 7.61. The fourth-order valence-corrected chi connectivity index (χ4v) is 3.95. The average Bonchev–Trinajstić information content (AvgIpc) is 3.21. The number of aryl methyl sites for hydroxylation is 2. The average molecular weight is 411 g/mol. The summed E-state index contributed by atoms with van der Waals surface area (Å²) in [4.78, 5) is 36.0. The molecule has 1 saturated heterocycles. The Kier molecular flexibility index (Phi) is 7.03. The third-order valence-electron chi connectivity index (χ3n) is 5.59. The molecule has 1 N–H and O–H groups in total. The molecular weight excluding hydrogens is 380 g/mol. The number of nitrogens with one attached hydrogen (secondary N) is 1. The van der Waals surface area contributed by atoms with Crippen molar-refractivity contribution in [2.24, 2.45) is 0 Å². The van der Waals surface area contributed by atoms with E-state index in [0.29, 0.717) is 32.5 Å². The van der Waals surface area contributed by atoms with Gasteiger partial charge in [0.25, 0.3) is 0 Å². The highest BCUT2D eigenvalue weighted by molar-refractivity contribution is 5.80. The number of methoxy groups -OCH3 is 1. The van der Waals surface area contributed by atoms with Crippen molar-refractivity contribution < 1.29 is 14.3 Å². The predicted molar refractivity (Wildman–Crippen MR) is 115 cm³/mol. The van der Waals surface area contributed by atoms with Crippen LogP contribution >= 0.6 is 0 Å². The molecule has 1 fully saturated rings. The van der Waals surface area contributed by atoms with Crippen molar-refractivity contribution in [3.63, 3.8) is 0 Å². The van der Waals surface area contributed by atoms with Crippen LogP contribution in [0.3, 0.4) is 0 Å². The summed E-state index contributed by atoms with van der Waals surface area (Å²) in [6.07, 6.45) is 1.45. The quantitative estimate of drug-likeness (QED) is 0.757. The number of hydrogen-bond donors (Lipinski definition) is 1. The van der Waals surface area contributed by atoms with Gasteiger partial charge in [0, 0.05) is 48.1 Å². The van der Waals surface area contributed by atoms with Crippen molar-refractivity contribution >= 4 is 11.8 Å². The molecule has 7 nitrogen and oxygen atoms in total. The Morgan fingerprint density at radius 1 is 1.17 bits per heavy atom. The van der Waals surface area contributed by atoms with E-state index in [4.69, 9.17) is 4.74 Å². The first-order chi connectivity index (χ1) is 14.4. The Morgan fingerprint density at radius 2 is 1.87 bits per heavy atom. The van der Waals surface area contributed by atoms with Gasteiger partial charge < -0.3 is 15.0 Å². The molecule has 1 aliphatic rings. The minimum Gasteiger partial charge on any atom is -0.496 e. The highest BCUT2D eigenvalue weighted by atomic mass is 16.5. The van der Waals surface area contributed by atoms with Gasteiger partial charge in [0.2, 0.25) is 11.8 Å². The van der Waals surface area contributed by atoms with E-state index in [2.05, 4.69) is 15.3 Å². The summed E-state index contributed by atoms with van der Waals surface area (Å²) in [5.41, 5.74) is 3.45. The first-order valence-electron chi connectivity index (χ1n) is 10.4. The number of carbonyl (C=O) groups excluding carboxylic acids is 2. The normalized spacial score (nSPS) is 15.9. The zero-order chi connectivity index (χ0) is 21.7. The largest absolute Gasteiger partial charge is 0.496 e. The number of hydrogen-bond acceptors (Lipinski definition) is 5. The van der Waals surface area contributed by atoms with Crippen LogP contribution in [-0.2, 0) is 22.4 Å². The highest BCUT2D eigenvalue weighted by Crippen LogP contribution is 2.27. The lowest BCUT2D eigenvalue weighted by Crippen LogP contribution is -2.30. The second kappa shape index (κ2) is 9.69. The number of carbonyl (C=O) groups is 2. The van der Waals surface area contributed by atoms with E-state index in [9.17, 15) is 9.59 Å². The second-order valence-electron chi connectivity index (χ2n) is 7.68. The van der Waals surface area contributed by atoms with Crippen LogP contribution in [-0.4, -0.2) is 53.4 Å². The van der Waals surface area contributed by atoms with Crippen LogP contribution in [0.15, 0.2) is 24.3 Å². The molecule has 7 heteroatoms. The van der Waals surface area contributed by atoms with Gasteiger partial charge in [-0.3, -0.25) is 9.59 Å². The van der Waals surface area contributed by atoms with Crippen molar-refractivity contribution in [2.75, 3.05) is 26.7 Å². The van der Waals surface area contributed by atoms with Crippen molar-refractivity contribution in [1.82, 2.24) is 20.2 Å². The van der Waals surface area contributed by atoms with Crippen molar-refractivity contribution in [2.45, 2.75) is 46.0 Å². The van der Waals surface area contributed by atoms with E-state index in [1.807, 2.05) is 49.9 Å². The smallest absolute Gasteiger partial charge is 0.227 e. The van der Waals surface area contributed by atoms with E-state index < -0.39 is 0 Å². The number of para-hydroxylation sites is 1. The molecule has 30 heavy (non-hydrogen) atoms. The molecule has 0 spiro atoms. The van der Waals surface area contributed by atoms with Gasteiger partial charge in [0.05, 0.1) is 20.0 Å². The third kappa shape index (κ3) is 4.96. The first kappa shape index (κ1) is 21.7. The molecule has 2 aromatic rings. The van der Waals surface area contributed by atoms with Gasteiger partial charge in [-0.15, -0.1) is 0 Å². The van der Waals surface area contributed by atoms with Crippen LogP contribution in [0.4, 0.5) is 0 Å². The summed E-state index contributed by atoms with van der Waals surface area (Å²) >= 11 is 0. The molecule has 1 unspecified atom stereocenters. The first-order valence-corrected chi connectivity index (χ1v) is 10.4. The SMILES string of the molecule is CCNC(=O)Cc1c(C)nc(C2CCN(C(=O)Cc3ccccc3OC)C2)nc1C. The topological polar surface area (TPSA) is 84.4 Å². The van der Waals surface area contributed by atoms with Gasteiger partial charge in [-0.2, -0.15) is 0 Å². The maximum Gasteiger partial charge on any atom is 0.227 e. The number of benzene rings is 1. The van der Waals surface area contributed by atoms with E-state index in [1.54, 1.807) is 7.11 Å². The zero-order valence-corrected chi connectivity index (χ0v) is 18.2. The Labute approximate surface area is 177 Å². The molecule has 1 aromatic heterocycles. The molecule has 2 heterocycles. The standard InChI is InChI=1S/C23H30N4O3/c1-5-24-21(28)13-19-15(2)25-23(26-16(19)3)18-10-11-27(14-18)22(29)12-17-8-6-7-9-20(17)30-4/h6-9,18H,5,10-14H2,1-4H3,(H,24,28). The minimum absolute atomic E-state index is 0.0194. The fourth-order valence-electron chi connectivity index (χ4n) is 3.95. The van der Waals surface area contributed by atoms with Crippen LogP contribution < -0.4 is 10.1 Å². The Balaban J connectivity index is 1.67. The van der Waals surface area contributed by atoms with Gasteiger partial charge >= 0.3 is 0 Å². The molecule has 1 aromatic carbocycles. The molecule has 0 aliphatic carbocycles. The summed E-state index contributed by atoms with van der Waals surface area (Å²) in [7, 11) is 1.62. The summed E-state index contributed by atoms with van der Waals surface area (Å²) in [5, 5.41) is 2.82. The van der Waals surface area contributed by atoms with E-state index in [-0.39, 0.29) is 17.7 Å². The van der Waals surface area contributed by atoms with Crippen LogP contribution in [0.5, 0.6) is 5.75 Å². The van der Waals surface area contributed by atoms with Crippen LogP contribution in [0.1, 0.15) is 47.6 Å². The molecule has 3 rings (SSSR count). The Morgan fingerprint density at radius 3 is 2.53 bits per heavy atom. The van der Waals surface area contributed by atoms with Gasteiger partial charge in [-0.1, -0.05) is 18.2 Å². The van der Waals surface area contributed by atoms with E-state index in [0.717, 1.165) is 40.5 Å². The predicted octanol–water partition coefficient (Wildman–Crippen LogP) is 2.34. The van der Waals surface area contributed by atoms with E-state index in [1.165, 1.54) is 0 Å². The fraction of sp³-hybridized carbons (Fsp3) is 0.478. The summed E-state index contributed by atoms with van der Waals surface area (Å²) < 4.78 is 5.36. The third-order valence-corrected chi connectivity index (χ3v) is 5.59. The molecule has 1 aliphatic heterocycles. The van der Waals surface area contributed by atoms with Crippen molar-refractivity contribution in [3.05, 3.63) is 52.6 Å². The van der Waals surface area contributed by atoms with Crippen molar-refractivity contribution in [3.8, 4) is 5.75 Å². The minimum atomic E-state index is -0.0194. The number of nitrogens with zero attached hydrogens (tertiary/aromatic N) is 3. The monoisotopic (exact) mass is 410 g/mol. The lowest BCUT2D eigenvalue weighted by molar-refractivity contribution is -0.129. The number of likely N-dealkylation sites (tertiary alicyclic amines) is 1. The summed E-state index contributed by atoms with van der Waals surface area (Å²) in [5.74, 6) is 1.68. The molecular formula is C23H30N4O3. The Hall–Kier alpha value is -2.96. The molecule has 160 valence electrons. The lowest BCUT2D eigenvalue weighted by atomic mass is 10.0. The maximum atomic E-state index is 12.8. The molecule has 0 radical (unpaired) electrons. The van der Waals surface area contributed by atoms with Crippen molar-refractivity contribution in [1.29, 1.82) is 0 Å². The number of amides is 2. The van der Waals surface area contributed by atoms with Crippen LogP contribution in [0.25, 0.3) is 0 Å². The number of likely N-dealkylation sites (N-methyl/N-ethyl adjacent to an activating group) is 1. The molecule has 0 bridgehead atoms. The van der Waals surface area contributed by atoms with Crippen LogP contribution in [0.2, 0.25) is 0 Å². The summed E-state index contributed by atoms with van der Waals surface area (Å²) in [6.45, 7) is 7.66. The van der Waals surface area contributed by atoms with Gasteiger partial charge in [-0.25, -0.2) is 9.97 Å². The Bertz CT molecular complexity index is 905. The highest BCUT2D eigenvalue weighted by Gasteiger charge is 2.30. The van der Waals surface area contributed by atoms with Crippen LogP contribution in [0, 0.1) is 13.8 Å². The number of aromatic nitrogens is 2. The van der Waals surface area contributed by atoms with E-state index >= 15 is 0 Å². The zero-order valence-electron chi connectivity index (χ0n) is 18.2. The maximum absolute atomic E-state index is 12.8. The van der Waals surface area contributed by atoms with Gasteiger partial charge in [0.15, 0.2) is 0 Å². The molecule has 0 saturated carbocycles. The molecule has 1 atom stereocenters. The lowest BCUT2D eigenvalue weighted by Gasteiger charge is -2.18. The number of ether oxygens (including phenoxy) is 1. The van der Waals surface area contributed by atoms with Gasteiger partial charge in [-0.05, 0) is 33.3 Å². The van der Waals surface area contributed by atoms with Gasteiger partial charge in [0.1, 0.15) is 11.6 Å². The second-order valence-corrected chi connectivity index (χ2v) is 7.68. The molecule has 2 amide bonds.